The highest BCUT2D eigenvalue weighted by atomic mass is 16.5. The van der Waals surface area contributed by atoms with Gasteiger partial charge in [-0.05, 0) is 50.5 Å². The minimum Gasteiger partial charge on any atom is -0.373 e. The fourth-order valence-electron chi connectivity index (χ4n) is 4.19. The number of anilines is 1. The van der Waals surface area contributed by atoms with E-state index in [1.54, 1.807) is 6.20 Å². The Labute approximate surface area is 154 Å². The van der Waals surface area contributed by atoms with Crippen molar-refractivity contribution in [2.24, 2.45) is 0 Å². The summed E-state index contributed by atoms with van der Waals surface area (Å²) in [6.45, 7) is 2.58. The van der Waals surface area contributed by atoms with Gasteiger partial charge in [0.05, 0.1) is 18.2 Å². The summed E-state index contributed by atoms with van der Waals surface area (Å²) in [6, 6.07) is 7.68. The molecule has 26 heavy (non-hydrogen) atoms. The Bertz CT molecular complexity index is 762. The van der Waals surface area contributed by atoms with Crippen LogP contribution in [0.3, 0.4) is 0 Å². The first-order valence-corrected chi connectivity index (χ1v) is 9.45. The van der Waals surface area contributed by atoms with Crippen LogP contribution >= 0.6 is 0 Å². The number of hydrogen-bond donors (Lipinski definition) is 2. The van der Waals surface area contributed by atoms with Crippen molar-refractivity contribution in [3.8, 4) is 5.69 Å². The predicted molar refractivity (Wildman–Crippen MR) is 101 cm³/mol. The largest absolute Gasteiger partial charge is 0.373 e. The van der Waals surface area contributed by atoms with Crippen LogP contribution in [0.5, 0.6) is 0 Å². The zero-order valence-corrected chi connectivity index (χ0v) is 15.2. The Morgan fingerprint density at radius 1 is 1.23 bits per heavy atom. The highest BCUT2D eigenvalue weighted by Gasteiger charge is 2.41. The van der Waals surface area contributed by atoms with Crippen molar-refractivity contribution in [3.63, 3.8) is 0 Å². The second kappa shape index (κ2) is 7.11. The summed E-state index contributed by atoms with van der Waals surface area (Å²) >= 11 is 0. The van der Waals surface area contributed by atoms with E-state index in [0.29, 0.717) is 6.61 Å². The quantitative estimate of drug-likeness (QED) is 0.881. The van der Waals surface area contributed by atoms with E-state index in [4.69, 9.17) is 4.74 Å². The van der Waals surface area contributed by atoms with Crippen molar-refractivity contribution in [2.45, 2.75) is 57.1 Å². The molecule has 1 aromatic carbocycles. The Hall–Kier alpha value is -2.34. The molecule has 6 nitrogen and oxygen atoms in total. The lowest BCUT2D eigenvalue weighted by atomic mass is 9.82. The number of ether oxygens (including phenoxy) is 1. The summed E-state index contributed by atoms with van der Waals surface area (Å²) < 4.78 is 8.07. The highest BCUT2D eigenvalue weighted by molar-refractivity contribution is 5.89. The lowest BCUT2D eigenvalue weighted by Crippen LogP contribution is -2.39. The number of nitrogens with zero attached hydrogens (tertiary/aromatic N) is 2. The van der Waals surface area contributed by atoms with Crippen molar-refractivity contribution in [3.05, 3.63) is 42.5 Å². The Morgan fingerprint density at radius 2 is 2.00 bits per heavy atom. The normalized spacial score (nSPS) is 21.7. The molecule has 1 aliphatic heterocycles. The van der Waals surface area contributed by atoms with Crippen LogP contribution in [0.15, 0.2) is 36.7 Å². The number of amides is 2. The van der Waals surface area contributed by atoms with Crippen molar-refractivity contribution >= 4 is 11.7 Å². The number of hydrogen-bond acceptors (Lipinski definition) is 3. The molecule has 2 amide bonds. The van der Waals surface area contributed by atoms with Gasteiger partial charge in [-0.3, -0.25) is 0 Å². The molecule has 2 aromatic rings. The summed E-state index contributed by atoms with van der Waals surface area (Å²) in [5.41, 5.74) is 1.81. The fraction of sp³-hybridized carbons (Fsp3) is 0.500. The summed E-state index contributed by atoms with van der Waals surface area (Å²) in [5.74, 6) is 0.932. The minimum atomic E-state index is -0.168. The molecule has 1 atom stereocenters. The molecule has 2 fully saturated rings. The molecule has 0 radical (unpaired) electrons. The second-order valence-corrected chi connectivity index (χ2v) is 7.45. The molecular weight excluding hydrogens is 328 g/mol. The van der Waals surface area contributed by atoms with Crippen LogP contribution in [0.2, 0.25) is 0 Å². The van der Waals surface area contributed by atoms with Gasteiger partial charge in [-0.25, -0.2) is 9.78 Å². The molecule has 4 rings (SSSR count). The average Bonchev–Trinajstić information content (AvgIpc) is 3.23. The maximum absolute atomic E-state index is 12.3. The highest BCUT2D eigenvalue weighted by Crippen LogP contribution is 2.39. The van der Waals surface area contributed by atoms with Gasteiger partial charge in [-0.1, -0.05) is 19.3 Å². The molecule has 2 heterocycles. The van der Waals surface area contributed by atoms with Crippen LogP contribution in [0.1, 0.15) is 44.3 Å². The van der Waals surface area contributed by atoms with Crippen LogP contribution in [0.4, 0.5) is 10.5 Å². The molecular formula is C20H26N4O2. The second-order valence-electron chi connectivity index (χ2n) is 7.45. The molecule has 6 heteroatoms. The van der Waals surface area contributed by atoms with Crippen molar-refractivity contribution in [2.75, 3.05) is 11.9 Å². The summed E-state index contributed by atoms with van der Waals surface area (Å²) in [7, 11) is 0. The van der Waals surface area contributed by atoms with E-state index >= 15 is 0 Å². The van der Waals surface area contributed by atoms with Crippen LogP contribution in [-0.4, -0.2) is 33.8 Å². The summed E-state index contributed by atoms with van der Waals surface area (Å²) in [5, 5.41) is 5.98. The minimum absolute atomic E-state index is 0.0144. The van der Waals surface area contributed by atoms with Crippen LogP contribution in [0.25, 0.3) is 5.69 Å². The first-order chi connectivity index (χ1) is 12.6. The molecule has 2 N–H and O–H groups in total. The lowest BCUT2D eigenvalue weighted by molar-refractivity contribution is -0.0245. The number of carbonyl (C=O) groups excluding carboxylic acids is 1. The molecule has 0 bridgehead atoms. The third kappa shape index (κ3) is 3.60. The van der Waals surface area contributed by atoms with E-state index < -0.39 is 0 Å². The van der Waals surface area contributed by atoms with Crippen LogP contribution < -0.4 is 10.6 Å². The van der Waals surface area contributed by atoms with E-state index in [1.807, 2.05) is 42.0 Å². The predicted octanol–water partition coefficient (Wildman–Crippen LogP) is 3.79. The maximum Gasteiger partial charge on any atom is 0.319 e. The van der Waals surface area contributed by atoms with E-state index in [1.165, 1.54) is 19.3 Å². The van der Waals surface area contributed by atoms with Gasteiger partial charge in [-0.15, -0.1) is 0 Å². The number of nitrogens with one attached hydrogen (secondary N) is 2. The molecule has 1 aliphatic carbocycles. The Morgan fingerprint density at radius 3 is 2.69 bits per heavy atom. The molecule has 1 saturated heterocycles. The topological polar surface area (TPSA) is 68.2 Å². The van der Waals surface area contributed by atoms with Gasteiger partial charge in [0.1, 0.15) is 5.82 Å². The third-order valence-corrected chi connectivity index (χ3v) is 5.54. The number of carbonyl (C=O) groups is 1. The summed E-state index contributed by atoms with van der Waals surface area (Å²) in [6.07, 6.45) is 10.7. The molecule has 1 aromatic heterocycles. The average molecular weight is 354 g/mol. The molecule has 2 aliphatic rings. The first kappa shape index (κ1) is 17.1. The smallest absolute Gasteiger partial charge is 0.319 e. The number of imidazole rings is 1. The Kier molecular flexibility index (Phi) is 4.68. The molecule has 0 unspecified atom stereocenters. The van der Waals surface area contributed by atoms with Gasteiger partial charge in [0.15, 0.2) is 0 Å². The fourth-order valence-corrected chi connectivity index (χ4v) is 4.19. The van der Waals surface area contributed by atoms with Gasteiger partial charge < -0.3 is 19.9 Å². The number of aryl methyl sites for hydroxylation is 1. The van der Waals surface area contributed by atoms with E-state index in [-0.39, 0.29) is 17.7 Å². The standard InChI is InChI=1S/C20H26N4O2/c1-15-21-11-12-24(15)18-7-5-16(6-8-18)22-19(25)23-17-13-20(26-14-17)9-3-2-4-10-20/h5-8,11-12,17H,2-4,9-10,13-14H2,1H3,(H2,22,23,25)/t17-/m1/s1. The van der Waals surface area contributed by atoms with E-state index in [2.05, 4.69) is 15.6 Å². The lowest BCUT2D eigenvalue weighted by Gasteiger charge is -2.32. The molecule has 1 saturated carbocycles. The number of benzene rings is 1. The van der Waals surface area contributed by atoms with Gasteiger partial charge in [-0.2, -0.15) is 0 Å². The summed E-state index contributed by atoms with van der Waals surface area (Å²) in [4.78, 5) is 16.5. The van der Waals surface area contributed by atoms with Crippen LogP contribution in [-0.2, 0) is 4.74 Å². The maximum atomic E-state index is 12.3. The van der Waals surface area contributed by atoms with E-state index in [9.17, 15) is 4.79 Å². The number of rotatable bonds is 3. The van der Waals surface area contributed by atoms with Crippen molar-refractivity contribution in [1.29, 1.82) is 0 Å². The zero-order chi connectivity index (χ0) is 18.0. The Balaban J connectivity index is 1.32. The van der Waals surface area contributed by atoms with Crippen LogP contribution in [0, 0.1) is 6.92 Å². The SMILES string of the molecule is Cc1nccn1-c1ccc(NC(=O)N[C@H]2COC3(CCCCC3)C2)cc1. The first-order valence-electron chi connectivity index (χ1n) is 9.45. The number of urea groups is 1. The van der Waals surface area contributed by atoms with E-state index in [0.717, 1.165) is 36.5 Å². The van der Waals surface area contributed by atoms with Gasteiger partial charge in [0, 0.05) is 23.8 Å². The van der Waals surface area contributed by atoms with Gasteiger partial charge in [0.2, 0.25) is 0 Å². The van der Waals surface area contributed by atoms with Crippen molar-refractivity contribution < 1.29 is 9.53 Å². The molecule has 1 spiro atoms. The van der Waals surface area contributed by atoms with Crippen molar-refractivity contribution in [1.82, 2.24) is 14.9 Å². The zero-order valence-electron chi connectivity index (χ0n) is 15.2. The molecule has 138 valence electrons. The third-order valence-electron chi connectivity index (χ3n) is 5.54. The number of aromatic nitrogens is 2. The van der Waals surface area contributed by atoms with Gasteiger partial charge in [0.25, 0.3) is 0 Å². The monoisotopic (exact) mass is 354 g/mol. The van der Waals surface area contributed by atoms with Gasteiger partial charge >= 0.3 is 6.03 Å².